The molecule has 47 heavy (non-hydrogen) atoms. The zero-order valence-electron chi connectivity index (χ0n) is 26.6. The van der Waals surface area contributed by atoms with E-state index in [9.17, 15) is 22.4 Å². The van der Waals surface area contributed by atoms with Crippen LogP contribution in [-0.4, -0.2) is 50.9 Å². The Hall–Kier alpha value is -4.41. The number of halogens is 2. The first kappa shape index (κ1) is 35.4. The number of sulfonamides is 1. The van der Waals surface area contributed by atoms with Crippen LogP contribution in [0.3, 0.4) is 0 Å². The minimum absolute atomic E-state index is 0.0656. The lowest BCUT2D eigenvalue weighted by Crippen LogP contribution is -2.53. The fourth-order valence-corrected chi connectivity index (χ4v) is 6.44. The molecule has 0 saturated heterocycles. The van der Waals surface area contributed by atoms with Crippen molar-refractivity contribution in [1.29, 1.82) is 0 Å². The van der Waals surface area contributed by atoms with Gasteiger partial charge in [0.05, 0.1) is 17.2 Å². The van der Waals surface area contributed by atoms with E-state index in [0.717, 1.165) is 9.87 Å². The van der Waals surface area contributed by atoms with Crippen molar-refractivity contribution in [3.8, 4) is 5.75 Å². The minimum Gasteiger partial charge on any atom is -0.494 e. The van der Waals surface area contributed by atoms with Gasteiger partial charge in [-0.15, -0.1) is 0 Å². The van der Waals surface area contributed by atoms with Crippen molar-refractivity contribution in [2.45, 2.75) is 44.7 Å². The van der Waals surface area contributed by atoms with Crippen molar-refractivity contribution in [1.82, 2.24) is 10.2 Å². The molecule has 1 atom stereocenters. The Kier molecular flexibility index (Phi) is 12.4. The third-order valence-electron chi connectivity index (χ3n) is 7.34. The van der Waals surface area contributed by atoms with Crippen LogP contribution in [0.5, 0.6) is 5.75 Å². The van der Waals surface area contributed by atoms with E-state index in [2.05, 4.69) is 5.32 Å². The summed E-state index contributed by atoms with van der Waals surface area (Å²) in [7, 11) is -4.29. The zero-order chi connectivity index (χ0) is 34.0. The summed E-state index contributed by atoms with van der Waals surface area (Å²) < 4.78 is 48.7. The van der Waals surface area contributed by atoms with E-state index in [4.69, 9.17) is 16.3 Å². The Morgan fingerprint density at radius 2 is 1.51 bits per heavy atom. The molecule has 2 amide bonds. The van der Waals surface area contributed by atoms with Crippen LogP contribution in [0.1, 0.15) is 31.9 Å². The molecule has 0 aromatic heterocycles. The predicted molar refractivity (Wildman–Crippen MR) is 182 cm³/mol. The molecular formula is C36H39ClFN3O5S. The maximum absolute atomic E-state index is 14.5. The van der Waals surface area contributed by atoms with Crippen molar-refractivity contribution in [2.24, 2.45) is 5.92 Å². The van der Waals surface area contributed by atoms with E-state index < -0.39 is 34.3 Å². The van der Waals surface area contributed by atoms with Crippen LogP contribution < -0.4 is 14.4 Å². The van der Waals surface area contributed by atoms with Crippen molar-refractivity contribution in [3.05, 3.63) is 125 Å². The molecule has 248 valence electrons. The molecule has 0 aliphatic rings. The molecule has 4 aromatic rings. The fraction of sp³-hybridized carbons (Fsp3) is 0.278. The molecule has 4 aromatic carbocycles. The number of benzene rings is 4. The lowest BCUT2D eigenvalue weighted by molar-refractivity contribution is -0.140. The second-order valence-electron chi connectivity index (χ2n) is 11.4. The maximum atomic E-state index is 14.5. The Morgan fingerprint density at radius 1 is 0.872 bits per heavy atom. The van der Waals surface area contributed by atoms with Gasteiger partial charge in [0.2, 0.25) is 11.8 Å². The van der Waals surface area contributed by atoms with Gasteiger partial charge in [-0.05, 0) is 84.6 Å². The highest BCUT2D eigenvalue weighted by molar-refractivity contribution is 7.92. The SMILES string of the molecule is CCOc1ccc(N(CC(=O)N(Cc2ccc(F)cc2)[C@H](Cc2ccccc2)C(=O)NCC(C)C)S(=O)(=O)c2ccc(Cl)cc2)cc1. The first-order valence-electron chi connectivity index (χ1n) is 15.3. The van der Waals surface area contributed by atoms with Gasteiger partial charge in [0.25, 0.3) is 10.0 Å². The molecular weight excluding hydrogens is 641 g/mol. The Balaban J connectivity index is 1.79. The molecule has 0 aliphatic carbocycles. The summed E-state index contributed by atoms with van der Waals surface area (Å²) in [5.74, 6) is -0.767. The second-order valence-corrected chi connectivity index (χ2v) is 13.7. The summed E-state index contributed by atoms with van der Waals surface area (Å²) in [5, 5.41) is 3.30. The summed E-state index contributed by atoms with van der Waals surface area (Å²) in [6.07, 6.45) is 0.171. The smallest absolute Gasteiger partial charge is 0.264 e. The number of rotatable bonds is 15. The van der Waals surface area contributed by atoms with Gasteiger partial charge in [0.1, 0.15) is 24.2 Å². The first-order chi connectivity index (χ1) is 22.5. The number of carbonyl (C=O) groups is 2. The average Bonchev–Trinajstić information content (AvgIpc) is 3.06. The molecule has 0 spiro atoms. The van der Waals surface area contributed by atoms with E-state index in [1.165, 1.54) is 53.4 Å². The van der Waals surface area contributed by atoms with Gasteiger partial charge in [0.15, 0.2) is 0 Å². The van der Waals surface area contributed by atoms with Crippen LogP contribution in [0.4, 0.5) is 10.1 Å². The van der Waals surface area contributed by atoms with E-state index in [1.807, 2.05) is 51.1 Å². The third kappa shape index (κ3) is 9.79. The molecule has 11 heteroatoms. The normalized spacial score (nSPS) is 12.0. The van der Waals surface area contributed by atoms with Crippen molar-refractivity contribution < 1.29 is 27.1 Å². The molecule has 0 aliphatic heterocycles. The molecule has 1 N–H and O–H groups in total. The number of hydrogen-bond donors (Lipinski definition) is 1. The number of anilines is 1. The molecule has 0 bridgehead atoms. The molecule has 8 nitrogen and oxygen atoms in total. The summed E-state index contributed by atoms with van der Waals surface area (Å²) in [6.45, 7) is 5.88. The van der Waals surface area contributed by atoms with Gasteiger partial charge >= 0.3 is 0 Å². The second kappa shape index (κ2) is 16.4. The number of nitrogens with zero attached hydrogens (tertiary/aromatic N) is 2. The quantitative estimate of drug-likeness (QED) is 0.155. The van der Waals surface area contributed by atoms with Gasteiger partial charge in [-0.2, -0.15) is 0 Å². The maximum Gasteiger partial charge on any atom is 0.264 e. The topological polar surface area (TPSA) is 96.0 Å². The number of nitrogens with one attached hydrogen (secondary N) is 1. The number of ether oxygens (including phenoxy) is 1. The molecule has 0 unspecified atom stereocenters. The average molecular weight is 680 g/mol. The van der Waals surface area contributed by atoms with Crippen molar-refractivity contribution in [3.63, 3.8) is 0 Å². The van der Waals surface area contributed by atoms with Gasteiger partial charge in [-0.1, -0.05) is 67.9 Å². The van der Waals surface area contributed by atoms with E-state index in [-0.39, 0.29) is 35.4 Å². The summed E-state index contributed by atoms with van der Waals surface area (Å²) in [4.78, 5) is 29.6. The number of hydrogen-bond acceptors (Lipinski definition) is 5. The highest BCUT2D eigenvalue weighted by Crippen LogP contribution is 2.28. The van der Waals surface area contributed by atoms with Gasteiger partial charge in [-0.25, -0.2) is 12.8 Å². The summed E-state index contributed by atoms with van der Waals surface area (Å²) in [5.41, 5.74) is 1.61. The zero-order valence-corrected chi connectivity index (χ0v) is 28.2. The van der Waals surface area contributed by atoms with Crippen molar-refractivity contribution >= 4 is 39.1 Å². The molecule has 0 saturated carbocycles. The largest absolute Gasteiger partial charge is 0.494 e. The number of amides is 2. The highest BCUT2D eigenvalue weighted by atomic mass is 35.5. The minimum atomic E-state index is -4.29. The van der Waals surface area contributed by atoms with E-state index in [1.54, 1.807) is 24.3 Å². The third-order valence-corrected chi connectivity index (χ3v) is 9.38. The highest BCUT2D eigenvalue weighted by Gasteiger charge is 2.34. The van der Waals surface area contributed by atoms with E-state index >= 15 is 0 Å². The van der Waals surface area contributed by atoms with Crippen LogP contribution in [0.25, 0.3) is 0 Å². The Labute approximate surface area is 281 Å². The van der Waals surface area contributed by atoms with E-state index in [0.29, 0.717) is 29.5 Å². The predicted octanol–water partition coefficient (Wildman–Crippen LogP) is 6.49. The Morgan fingerprint density at radius 3 is 2.11 bits per heavy atom. The van der Waals surface area contributed by atoms with Crippen LogP contribution in [0.2, 0.25) is 5.02 Å². The standard InChI is InChI=1S/C36H39ClFN3O5S/c1-4-46-32-18-16-31(17-19-32)41(47(44,45)33-20-12-29(37)13-21-33)25-35(42)40(24-28-10-14-30(38)15-11-28)34(36(43)39-23-26(2)3)22-27-8-6-5-7-9-27/h5-21,26,34H,4,22-25H2,1-3H3,(H,39,43)/t34-/m1/s1. The molecule has 4 rings (SSSR count). The lowest BCUT2D eigenvalue weighted by Gasteiger charge is -2.34. The van der Waals surface area contributed by atoms with Crippen LogP contribution in [-0.2, 0) is 32.6 Å². The van der Waals surface area contributed by atoms with Gasteiger partial charge in [0, 0.05) is 24.5 Å². The first-order valence-corrected chi connectivity index (χ1v) is 17.2. The van der Waals surface area contributed by atoms with Gasteiger partial charge < -0.3 is 15.0 Å². The molecule has 0 heterocycles. The molecule has 0 fully saturated rings. The van der Waals surface area contributed by atoms with Crippen LogP contribution in [0, 0.1) is 11.7 Å². The number of carbonyl (C=O) groups excluding carboxylic acids is 2. The molecule has 0 radical (unpaired) electrons. The fourth-order valence-electron chi connectivity index (χ4n) is 4.90. The summed E-state index contributed by atoms with van der Waals surface area (Å²) >= 11 is 6.05. The van der Waals surface area contributed by atoms with Crippen molar-refractivity contribution in [2.75, 3.05) is 24.0 Å². The van der Waals surface area contributed by atoms with Crippen LogP contribution >= 0.6 is 11.6 Å². The van der Waals surface area contributed by atoms with Gasteiger partial charge in [-0.3, -0.25) is 13.9 Å². The lowest BCUT2D eigenvalue weighted by atomic mass is 10.0. The summed E-state index contributed by atoms with van der Waals surface area (Å²) in [6, 6.07) is 25.9. The van der Waals surface area contributed by atoms with Crippen LogP contribution in [0.15, 0.2) is 108 Å². The monoisotopic (exact) mass is 679 g/mol. The Bertz CT molecular complexity index is 1720.